The molecular weight excluding hydrogens is 464 g/mol. The highest BCUT2D eigenvalue weighted by atomic mass is 35.5. The van der Waals surface area contributed by atoms with Crippen molar-refractivity contribution in [1.82, 2.24) is 39.6 Å². The quantitative estimate of drug-likeness (QED) is 0.237. The molecule has 0 saturated carbocycles. The summed E-state index contributed by atoms with van der Waals surface area (Å²) in [4.78, 5) is 19.1. The molecule has 0 aliphatic carbocycles. The van der Waals surface area contributed by atoms with Gasteiger partial charge in [0.25, 0.3) is 0 Å². The van der Waals surface area contributed by atoms with E-state index in [9.17, 15) is 0 Å². The van der Waals surface area contributed by atoms with Crippen LogP contribution in [0.15, 0.2) is 42.5 Å². The lowest BCUT2D eigenvalue weighted by Gasteiger charge is -2.30. The molecule has 2 fully saturated rings. The number of halogens is 1. The van der Waals surface area contributed by atoms with Gasteiger partial charge in [0, 0.05) is 39.9 Å². The van der Waals surface area contributed by atoms with Crippen molar-refractivity contribution in [2.45, 2.75) is 45.1 Å². The Kier molecular flexibility index (Phi) is 14.1. The SMILES string of the molecule is Cl.N.N.N.N.[HH].[HH].[HH].[HH].[HH].c1ccc2c(CNc3nc(N4CCCCC4)nc(N4CCCCC4)n3)cccc2c1. The highest BCUT2D eigenvalue weighted by Gasteiger charge is 2.20. The third kappa shape index (κ3) is 7.61. The van der Waals surface area contributed by atoms with Gasteiger partial charge in [-0.25, -0.2) is 0 Å². The maximum atomic E-state index is 4.88. The third-order valence-electron chi connectivity index (χ3n) is 6.21. The van der Waals surface area contributed by atoms with E-state index in [1.165, 1.54) is 54.9 Å². The van der Waals surface area contributed by atoms with Gasteiger partial charge in [0.1, 0.15) is 0 Å². The molecular formula is C24H53ClN10. The van der Waals surface area contributed by atoms with Crippen molar-refractivity contribution in [2.75, 3.05) is 41.3 Å². The number of anilines is 3. The van der Waals surface area contributed by atoms with Crippen LogP contribution in [0.5, 0.6) is 0 Å². The van der Waals surface area contributed by atoms with E-state index in [4.69, 9.17) is 15.0 Å². The molecule has 10 nitrogen and oxygen atoms in total. The van der Waals surface area contributed by atoms with Gasteiger partial charge in [0.15, 0.2) is 0 Å². The zero-order valence-electron chi connectivity index (χ0n) is 20.8. The highest BCUT2D eigenvalue weighted by molar-refractivity contribution is 5.86. The number of hydrogen-bond acceptors (Lipinski definition) is 10. The number of piperidine rings is 2. The molecule has 2 aliphatic rings. The predicted octanol–water partition coefficient (Wildman–Crippen LogP) is 6.92. The standard InChI is InChI=1S/C24H30N6.ClH.4H3N.5H2/c1-5-14-29(15-6-1)23-26-22(27-24(28-23)30-16-7-2-8-17-30)25-18-20-12-9-11-19-10-3-4-13-21(19)20;;;;;;;;;;/h3-4,9-13H,1-2,5-8,14-18H2,(H,25,26,27,28);1H;4*1H3;5*1H. The van der Waals surface area contributed by atoms with Gasteiger partial charge in [-0.1, -0.05) is 42.5 Å². The summed E-state index contributed by atoms with van der Waals surface area (Å²) in [6.07, 6.45) is 7.44. The molecule has 0 unspecified atom stereocenters. The Balaban J connectivity index is -0.000000289. The van der Waals surface area contributed by atoms with Gasteiger partial charge in [-0.05, 0) is 54.9 Å². The first-order chi connectivity index (χ1) is 14.9. The van der Waals surface area contributed by atoms with Gasteiger partial charge in [-0.2, -0.15) is 15.0 Å². The Bertz CT molecular complexity index is 987. The van der Waals surface area contributed by atoms with E-state index in [2.05, 4.69) is 57.6 Å². The average molecular weight is 517 g/mol. The second kappa shape index (κ2) is 15.3. The maximum Gasteiger partial charge on any atom is 0.231 e. The van der Waals surface area contributed by atoms with Gasteiger partial charge in [-0.15, -0.1) is 12.4 Å². The summed E-state index contributed by atoms with van der Waals surface area (Å²) in [6, 6.07) is 15.0. The van der Waals surface area contributed by atoms with E-state index in [0.29, 0.717) is 12.5 Å². The molecule has 0 spiro atoms. The van der Waals surface area contributed by atoms with E-state index in [1.807, 2.05) is 0 Å². The van der Waals surface area contributed by atoms with Crippen molar-refractivity contribution in [2.24, 2.45) is 0 Å². The summed E-state index contributed by atoms with van der Waals surface area (Å²) in [5.74, 6) is 2.33. The van der Waals surface area contributed by atoms with Crippen LogP contribution in [0.4, 0.5) is 17.8 Å². The van der Waals surface area contributed by atoms with E-state index in [1.54, 1.807) is 0 Å². The summed E-state index contributed by atoms with van der Waals surface area (Å²) in [6.45, 7) is 4.83. The molecule has 3 heterocycles. The van der Waals surface area contributed by atoms with E-state index < -0.39 is 0 Å². The zero-order chi connectivity index (χ0) is 20.2. The molecule has 11 heteroatoms. The predicted molar refractivity (Wildman–Crippen MR) is 161 cm³/mol. The van der Waals surface area contributed by atoms with E-state index in [0.717, 1.165) is 38.1 Å². The lowest BCUT2D eigenvalue weighted by atomic mass is 10.0. The molecule has 0 radical (unpaired) electrons. The highest BCUT2D eigenvalue weighted by Crippen LogP contribution is 2.24. The van der Waals surface area contributed by atoms with Crippen molar-refractivity contribution in [1.29, 1.82) is 0 Å². The fourth-order valence-corrected chi connectivity index (χ4v) is 4.52. The fraction of sp³-hybridized carbons (Fsp3) is 0.458. The third-order valence-corrected chi connectivity index (χ3v) is 6.21. The number of nitrogens with one attached hydrogen (secondary N) is 1. The van der Waals surface area contributed by atoms with Crippen LogP contribution < -0.4 is 39.7 Å². The Morgan fingerprint density at radius 3 is 1.74 bits per heavy atom. The van der Waals surface area contributed by atoms with Crippen LogP contribution in [0.2, 0.25) is 0 Å². The Morgan fingerprint density at radius 1 is 0.657 bits per heavy atom. The number of hydrogen-bond donors (Lipinski definition) is 5. The average Bonchev–Trinajstić information content (AvgIpc) is 2.83. The minimum atomic E-state index is 0. The lowest BCUT2D eigenvalue weighted by molar-refractivity contribution is 0.556. The maximum absolute atomic E-state index is 4.88. The number of fused-ring (bicyclic) bond motifs is 1. The minimum absolute atomic E-state index is 0. The molecule has 2 aliphatic heterocycles. The number of benzene rings is 2. The number of rotatable bonds is 5. The first-order valence-electron chi connectivity index (χ1n) is 11.3. The van der Waals surface area contributed by atoms with Crippen LogP contribution in [-0.4, -0.2) is 41.1 Å². The Labute approximate surface area is 222 Å². The summed E-state index contributed by atoms with van der Waals surface area (Å²) < 4.78 is 0. The number of nitrogens with zero attached hydrogens (tertiary/aromatic N) is 5. The van der Waals surface area contributed by atoms with Crippen molar-refractivity contribution in [3.63, 3.8) is 0 Å². The zero-order valence-corrected chi connectivity index (χ0v) is 21.6. The molecule has 0 bridgehead atoms. The topological polar surface area (TPSA) is 197 Å². The van der Waals surface area contributed by atoms with Crippen molar-refractivity contribution in [3.05, 3.63) is 48.0 Å². The molecule has 2 aromatic carbocycles. The molecule has 1 aromatic heterocycles. The van der Waals surface area contributed by atoms with E-state index >= 15 is 0 Å². The van der Waals surface area contributed by atoms with Gasteiger partial charge in [-0.3, -0.25) is 0 Å². The minimum Gasteiger partial charge on any atom is -0.350 e. The van der Waals surface area contributed by atoms with Crippen LogP contribution in [0.1, 0.15) is 51.2 Å². The van der Waals surface area contributed by atoms with Gasteiger partial charge < -0.3 is 39.7 Å². The molecule has 35 heavy (non-hydrogen) atoms. The Morgan fingerprint density at radius 2 is 1.17 bits per heavy atom. The van der Waals surface area contributed by atoms with Crippen molar-refractivity contribution in [3.8, 4) is 0 Å². The second-order valence-corrected chi connectivity index (χ2v) is 8.35. The molecule has 13 N–H and O–H groups in total. The molecule has 3 aromatic rings. The van der Waals surface area contributed by atoms with Crippen molar-refractivity contribution >= 4 is 41.0 Å². The normalized spacial score (nSPS) is 14.9. The first-order valence-corrected chi connectivity index (χ1v) is 11.3. The van der Waals surface area contributed by atoms with Crippen LogP contribution in [-0.2, 0) is 6.54 Å². The van der Waals surface area contributed by atoms with Crippen LogP contribution in [0.3, 0.4) is 0 Å². The fourth-order valence-electron chi connectivity index (χ4n) is 4.52. The molecule has 206 valence electrons. The first kappa shape index (κ1) is 32.2. The van der Waals surface area contributed by atoms with Gasteiger partial charge >= 0.3 is 0 Å². The molecule has 2 saturated heterocycles. The molecule has 5 rings (SSSR count). The largest absolute Gasteiger partial charge is 0.350 e. The van der Waals surface area contributed by atoms with Crippen LogP contribution >= 0.6 is 12.4 Å². The monoisotopic (exact) mass is 516 g/mol. The van der Waals surface area contributed by atoms with Gasteiger partial charge in [0.05, 0.1) is 0 Å². The van der Waals surface area contributed by atoms with Crippen LogP contribution in [0.25, 0.3) is 10.8 Å². The lowest BCUT2D eigenvalue weighted by Crippen LogP contribution is -2.34. The second-order valence-electron chi connectivity index (χ2n) is 8.35. The van der Waals surface area contributed by atoms with E-state index in [-0.39, 0.29) is 44.1 Å². The smallest absolute Gasteiger partial charge is 0.231 e. The summed E-state index contributed by atoms with van der Waals surface area (Å²) in [7, 11) is 0. The summed E-state index contributed by atoms with van der Waals surface area (Å²) in [5, 5.41) is 6.03. The summed E-state index contributed by atoms with van der Waals surface area (Å²) >= 11 is 0. The Hall–Kier alpha value is -2.76. The molecule has 0 amide bonds. The van der Waals surface area contributed by atoms with Gasteiger partial charge in [0.2, 0.25) is 17.8 Å². The van der Waals surface area contributed by atoms with Crippen LogP contribution in [0, 0.1) is 0 Å². The number of aromatic nitrogens is 3. The van der Waals surface area contributed by atoms with Crippen molar-refractivity contribution < 1.29 is 7.13 Å². The summed E-state index contributed by atoms with van der Waals surface area (Å²) in [5.41, 5.74) is 1.26. The molecule has 0 atom stereocenters.